The third-order valence-electron chi connectivity index (χ3n) is 6.05. The first-order valence-corrected chi connectivity index (χ1v) is 9.37. The molecule has 0 radical (unpaired) electrons. The Labute approximate surface area is 154 Å². The molecule has 2 saturated heterocycles. The summed E-state index contributed by atoms with van der Waals surface area (Å²) in [6.07, 6.45) is 3.96. The zero-order chi connectivity index (χ0) is 18.1. The van der Waals surface area contributed by atoms with Crippen LogP contribution in [-0.4, -0.2) is 41.2 Å². The maximum atomic E-state index is 13.2. The highest BCUT2D eigenvalue weighted by atomic mass is 16.6. The highest BCUT2D eigenvalue weighted by molar-refractivity contribution is 5.85. The van der Waals surface area contributed by atoms with E-state index in [4.69, 9.17) is 4.74 Å². The molecule has 4 heteroatoms. The number of carbonyl (C=O) groups is 1. The molecule has 4 rings (SSSR count). The number of esters is 1. The number of aliphatic hydroxyl groups is 1. The molecule has 2 aliphatic rings. The van der Waals surface area contributed by atoms with Gasteiger partial charge >= 0.3 is 5.97 Å². The second-order valence-corrected chi connectivity index (χ2v) is 7.43. The number of benzene rings is 2. The Morgan fingerprint density at radius 2 is 1.50 bits per heavy atom. The number of ether oxygens (including phenoxy) is 1. The van der Waals surface area contributed by atoms with E-state index < -0.39 is 11.6 Å². The molecule has 4 nitrogen and oxygen atoms in total. The van der Waals surface area contributed by atoms with Crippen molar-refractivity contribution in [1.82, 2.24) is 4.90 Å². The van der Waals surface area contributed by atoms with Gasteiger partial charge in [0.2, 0.25) is 5.60 Å². The van der Waals surface area contributed by atoms with Crippen LogP contribution in [0.2, 0.25) is 0 Å². The average molecular weight is 351 g/mol. The Bertz CT molecular complexity index is 722. The topological polar surface area (TPSA) is 49.8 Å². The molecule has 136 valence electrons. The molecule has 2 aromatic rings. The lowest BCUT2D eigenvalue weighted by Crippen LogP contribution is -2.49. The van der Waals surface area contributed by atoms with E-state index in [0.717, 1.165) is 25.7 Å². The number of hydrogen-bond acceptors (Lipinski definition) is 4. The minimum atomic E-state index is -1.80. The Kier molecular flexibility index (Phi) is 4.55. The number of rotatable bonds is 4. The highest BCUT2D eigenvalue weighted by Crippen LogP contribution is 2.38. The molecule has 0 amide bonds. The Morgan fingerprint density at radius 1 is 0.962 bits per heavy atom. The van der Waals surface area contributed by atoms with Crippen molar-refractivity contribution >= 4 is 5.97 Å². The predicted molar refractivity (Wildman–Crippen MR) is 99.6 cm³/mol. The summed E-state index contributed by atoms with van der Waals surface area (Å²) in [4.78, 5) is 15.6. The summed E-state index contributed by atoms with van der Waals surface area (Å²) < 4.78 is 5.94. The molecule has 26 heavy (non-hydrogen) atoms. The number of hydrogen-bond donors (Lipinski definition) is 1. The molecule has 2 unspecified atom stereocenters. The van der Waals surface area contributed by atoms with Gasteiger partial charge in [-0.1, -0.05) is 60.7 Å². The van der Waals surface area contributed by atoms with Gasteiger partial charge in [-0.2, -0.15) is 0 Å². The van der Waals surface area contributed by atoms with Crippen molar-refractivity contribution in [1.29, 1.82) is 0 Å². The van der Waals surface area contributed by atoms with Crippen LogP contribution in [0.15, 0.2) is 60.7 Å². The Balaban J connectivity index is 1.65. The molecular formula is C22H25NO3. The Morgan fingerprint density at radius 3 is 2.08 bits per heavy atom. The van der Waals surface area contributed by atoms with Crippen molar-refractivity contribution in [3.05, 3.63) is 71.8 Å². The third kappa shape index (κ3) is 2.83. The van der Waals surface area contributed by atoms with Crippen molar-refractivity contribution in [3.8, 4) is 0 Å². The van der Waals surface area contributed by atoms with Crippen LogP contribution < -0.4 is 0 Å². The fourth-order valence-electron chi connectivity index (χ4n) is 4.51. The van der Waals surface area contributed by atoms with Crippen LogP contribution in [0.1, 0.15) is 36.8 Å². The molecule has 2 aliphatic heterocycles. The molecule has 2 fully saturated rings. The van der Waals surface area contributed by atoms with Crippen molar-refractivity contribution < 1.29 is 14.6 Å². The van der Waals surface area contributed by atoms with E-state index in [1.165, 1.54) is 0 Å². The predicted octanol–water partition coefficient (Wildman–Crippen LogP) is 3.09. The van der Waals surface area contributed by atoms with Gasteiger partial charge < -0.3 is 9.84 Å². The molecule has 1 N–H and O–H groups in total. The maximum Gasteiger partial charge on any atom is 0.348 e. The van der Waals surface area contributed by atoms with Gasteiger partial charge in [0.15, 0.2) is 0 Å². The normalized spacial score (nSPS) is 25.8. The number of fused-ring (bicyclic) bond motifs is 2. The quantitative estimate of drug-likeness (QED) is 0.860. The van der Waals surface area contributed by atoms with E-state index in [9.17, 15) is 9.90 Å². The lowest BCUT2D eigenvalue weighted by atomic mass is 9.86. The molecule has 2 bridgehead atoms. The van der Waals surface area contributed by atoms with Gasteiger partial charge in [-0.25, -0.2) is 4.79 Å². The summed E-state index contributed by atoms with van der Waals surface area (Å²) in [5, 5.41) is 11.5. The second kappa shape index (κ2) is 6.86. The van der Waals surface area contributed by atoms with Crippen molar-refractivity contribution in [2.45, 2.75) is 49.5 Å². The minimum absolute atomic E-state index is 0.162. The van der Waals surface area contributed by atoms with Gasteiger partial charge in [0.05, 0.1) is 0 Å². The zero-order valence-corrected chi connectivity index (χ0v) is 15.0. The first-order valence-electron chi connectivity index (χ1n) is 9.37. The van der Waals surface area contributed by atoms with Crippen LogP contribution in [0.5, 0.6) is 0 Å². The average Bonchev–Trinajstić information content (AvgIpc) is 2.92. The minimum Gasteiger partial charge on any atom is -0.458 e. The molecule has 0 aromatic heterocycles. The number of carbonyl (C=O) groups excluding carboxylic acids is 1. The van der Waals surface area contributed by atoms with Gasteiger partial charge in [-0.3, -0.25) is 4.90 Å². The van der Waals surface area contributed by atoms with Crippen molar-refractivity contribution in [2.75, 3.05) is 7.05 Å². The number of likely N-dealkylation sites (N-methyl/N-ethyl adjacent to an activating group) is 1. The highest BCUT2D eigenvalue weighted by Gasteiger charge is 2.47. The van der Waals surface area contributed by atoms with Gasteiger partial charge in [0, 0.05) is 12.1 Å². The summed E-state index contributed by atoms with van der Waals surface area (Å²) in [6, 6.07) is 19.0. The maximum absolute atomic E-state index is 13.2. The Hall–Kier alpha value is -2.17. The van der Waals surface area contributed by atoms with Crippen LogP contribution >= 0.6 is 0 Å². The molecular weight excluding hydrogens is 326 g/mol. The number of nitrogens with zero attached hydrogens (tertiary/aromatic N) is 1. The van der Waals surface area contributed by atoms with Gasteiger partial charge in [-0.05, 0) is 43.9 Å². The van der Waals surface area contributed by atoms with E-state index in [2.05, 4.69) is 11.9 Å². The van der Waals surface area contributed by atoms with Crippen LogP contribution in [0.4, 0.5) is 0 Å². The van der Waals surface area contributed by atoms with Crippen LogP contribution in [0.25, 0.3) is 0 Å². The van der Waals surface area contributed by atoms with Crippen LogP contribution in [0, 0.1) is 0 Å². The largest absolute Gasteiger partial charge is 0.458 e. The summed E-state index contributed by atoms with van der Waals surface area (Å²) in [6.45, 7) is 0. The second-order valence-electron chi connectivity index (χ2n) is 7.43. The first kappa shape index (κ1) is 17.3. The van der Waals surface area contributed by atoms with E-state index in [1.54, 1.807) is 24.3 Å². The third-order valence-corrected chi connectivity index (χ3v) is 6.05. The monoisotopic (exact) mass is 351 g/mol. The van der Waals surface area contributed by atoms with E-state index in [1.807, 2.05) is 36.4 Å². The van der Waals surface area contributed by atoms with Crippen LogP contribution in [0.3, 0.4) is 0 Å². The lowest BCUT2D eigenvalue weighted by molar-refractivity contribution is -0.173. The van der Waals surface area contributed by atoms with E-state index in [0.29, 0.717) is 17.2 Å². The fourth-order valence-corrected chi connectivity index (χ4v) is 4.51. The summed E-state index contributed by atoms with van der Waals surface area (Å²) in [5.74, 6) is -0.585. The van der Waals surface area contributed by atoms with Crippen LogP contribution in [-0.2, 0) is 15.1 Å². The van der Waals surface area contributed by atoms with Gasteiger partial charge in [0.25, 0.3) is 0 Å². The summed E-state index contributed by atoms with van der Waals surface area (Å²) in [7, 11) is 2.11. The zero-order valence-electron chi connectivity index (χ0n) is 15.0. The molecule has 2 heterocycles. The van der Waals surface area contributed by atoms with E-state index >= 15 is 0 Å². The molecule has 3 atom stereocenters. The summed E-state index contributed by atoms with van der Waals surface area (Å²) in [5.41, 5.74) is -0.731. The smallest absolute Gasteiger partial charge is 0.348 e. The lowest BCUT2D eigenvalue weighted by Gasteiger charge is -2.38. The van der Waals surface area contributed by atoms with Gasteiger partial charge in [0.1, 0.15) is 6.10 Å². The van der Waals surface area contributed by atoms with Gasteiger partial charge in [-0.15, -0.1) is 0 Å². The summed E-state index contributed by atoms with van der Waals surface area (Å²) >= 11 is 0. The first-order chi connectivity index (χ1) is 12.6. The molecule has 0 spiro atoms. The van der Waals surface area contributed by atoms with Crippen molar-refractivity contribution in [3.63, 3.8) is 0 Å². The number of piperidine rings is 1. The van der Waals surface area contributed by atoms with Crippen molar-refractivity contribution in [2.24, 2.45) is 0 Å². The standard InChI is InChI=1S/C22H25NO3/c1-23-18-12-14-19(23)20(15-13-18)26-21(24)22(25,16-8-4-2-5-9-16)17-10-6-3-7-11-17/h2-11,18-20,25H,12-15H2,1H3/t18?,19-,20?/m0/s1. The van der Waals surface area contributed by atoms with E-state index in [-0.39, 0.29) is 12.1 Å². The molecule has 0 saturated carbocycles. The fraction of sp³-hybridized carbons (Fsp3) is 0.409. The SMILES string of the molecule is CN1C2CCC(OC(=O)C(O)(c3ccccc3)c3ccccc3)[C@@H]1CC2. The molecule has 0 aliphatic carbocycles. The molecule has 2 aromatic carbocycles.